The first-order valence-electron chi connectivity index (χ1n) is 4.47. The number of hydrogen-bond acceptors (Lipinski definition) is 2. The molecule has 0 aliphatic rings. The van der Waals surface area contributed by atoms with Crippen LogP contribution in [0.25, 0.3) is 11.1 Å². The Balaban J connectivity index is 2.49. The van der Waals surface area contributed by atoms with Crippen molar-refractivity contribution >= 4 is 0 Å². The van der Waals surface area contributed by atoms with Crippen molar-refractivity contribution in [3.05, 3.63) is 48.3 Å². The minimum absolute atomic E-state index is 0.198. The predicted octanol–water partition coefficient (Wildman–Crippen LogP) is 2.76. The van der Waals surface area contributed by atoms with Crippen molar-refractivity contribution in [3.63, 3.8) is 0 Å². The van der Waals surface area contributed by atoms with Crippen LogP contribution in [-0.4, -0.2) is 10.1 Å². The first-order valence-corrected chi connectivity index (χ1v) is 4.47. The van der Waals surface area contributed by atoms with Gasteiger partial charge in [-0.05, 0) is 18.6 Å². The second kappa shape index (κ2) is 3.50. The van der Waals surface area contributed by atoms with Gasteiger partial charge in [0.15, 0.2) is 0 Å². The summed E-state index contributed by atoms with van der Waals surface area (Å²) in [5.41, 5.74) is 3.22. The van der Waals surface area contributed by atoms with Gasteiger partial charge < -0.3 is 5.11 Å². The van der Waals surface area contributed by atoms with E-state index in [0.717, 1.165) is 11.1 Å². The molecule has 0 aliphatic carbocycles. The van der Waals surface area contributed by atoms with Crippen LogP contribution in [0.15, 0.2) is 42.7 Å². The molecule has 70 valence electrons. The minimum Gasteiger partial charge on any atom is -0.506 e. The van der Waals surface area contributed by atoms with Crippen LogP contribution in [-0.2, 0) is 0 Å². The average Bonchev–Trinajstić information content (AvgIpc) is 2.18. The molecule has 0 fully saturated rings. The summed E-state index contributed by atoms with van der Waals surface area (Å²) < 4.78 is 0. The van der Waals surface area contributed by atoms with Crippen LogP contribution >= 0.6 is 0 Å². The van der Waals surface area contributed by atoms with Gasteiger partial charge in [0.25, 0.3) is 0 Å². The molecule has 2 heteroatoms. The fraction of sp³-hybridized carbons (Fsp3) is 0.0833. The Hall–Kier alpha value is -1.83. The maximum absolute atomic E-state index is 9.28. The Kier molecular flexibility index (Phi) is 2.19. The van der Waals surface area contributed by atoms with Crippen LogP contribution < -0.4 is 0 Å². The van der Waals surface area contributed by atoms with E-state index in [1.54, 1.807) is 12.3 Å². The third-order valence-corrected chi connectivity index (χ3v) is 2.08. The van der Waals surface area contributed by atoms with E-state index in [1.807, 2.05) is 25.1 Å². The molecule has 1 heterocycles. The van der Waals surface area contributed by atoms with E-state index in [1.165, 1.54) is 11.8 Å². The third-order valence-electron chi connectivity index (χ3n) is 2.08. The molecule has 2 rings (SSSR count). The third kappa shape index (κ3) is 1.74. The van der Waals surface area contributed by atoms with E-state index in [4.69, 9.17) is 0 Å². The van der Waals surface area contributed by atoms with Gasteiger partial charge in [-0.15, -0.1) is 0 Å². The Morgan fingerprint density at radius 2 is 1.93 bits per heavy atom. The molecular formula is C12H11NO. The van der Waals surface area contributed by atoms with Crippen molar-refractivity contribution in [3.8, 4) is 16.9 Å². The van der Waals surface area contributed by atoms with Crippen LogP contribution in [0.2, 0.25) is 0 Å². The summed E-state index contributed by atoms with van der Waals surface area (Å²) in [6.45, 7) is 2.04. The Labute approximate surface area is 82.9 Å². The van der Waals surface area contributed by atoms with Crippen molar-refractivity contribution in [2.45, 2.75) is 6.92 Å². The molecule has 1 N–H and O–H groups in total. The summed E-state index contributed by atoms with van der Waals surface area (Å²) in [6.07, 6.45) is 3.17. The molecule has 0 saturated heterocycles. The largest absolute Gasteiger partial charge is 0.506 e. The molecular weight excluding hydrogens is 174 g/mol. The van der Waals surface area contributed by atoms with Crippen LogP contribution in [0.1, 0.15) is 5.56 Å². The smallest absolute Gasteiger partial charge is 0.134 e. The van der Waals surface area contributed by atoms with Crippen molar-refractivity contribution in [2.75, 3.05) is 0 Å². The number of hydrogen-bond donors (Lipinski definition) is 1. The van der Waals surface area contributed by atoms with Crippen molar-refractivity contribution in [1.29, 1.82) is 0 Å². The molecule has 0 atom stereocenters. The number of nitrogens with zero attached hydrogens (tertiary/aromatic N) is 1. The number of rotatable bonds is 1. The van der Waals surface area contributed by atoms with Gasteiger partial charge in [0, 0.05) is 11.8 Å². The summed E-state index contributed by atoms with van der Waals surface area (Å²) in [4.78, 5) is 3.94. The molecule has 0 aliphatic heterocycles. The lowest BCUT2D eigenvalue weighted by molar-refractivity contribution is 0.473. The highest BCUT2D eigenvalue weighted by Crippen LogP contribution is 2.22. The van der Waals surface area contributed by atoms with Crippen molar-refractivity contribution in [2.24, 2.45) is 0 Å². The molecule has 0 unspecified atom stereocenters. The molecule has 2 aromatic rings. The molecule has 1 aromatic heterocycles. The van der Waals surface area contributed by atoms with E-state index in [2.05, 4.69) is 11.1 Å². The number of benzene rings is 1. The van der Waals surface area contributed by atoms with Gasteiger partial charge in [-0.3, -0.25) is 4.98 Å². The fourth-order valence-electron chi connectivity index (χ4n) is 1.41. The molecule has 0 radical (unpaired) electrons. The van der Waals surface area contributed by atoms with Gasteiger partial charge in [0.2, 0.25) is 0 Å². The quantitative estimate of drug-likeness (QED) is 0.741. The topological polar surface area (TPSA) is 33.1 Å². The number of aryl methyl sites for hydroxylation is 1. The lowest BCUT2D eigenvalue weighted by atomic mass is 10.1. The summed E-state index contributed by atoms with van der Waals surface area (Å²) in [5, 5.41) is 9.28. The Morgan fingerprint density at radius 1 is 1.07 bits per heavy atom. The van der Waals surface area contributed by atoms with Gasteiger partial charge in [0.1, 0.15) is 5.75 Å². The van der Waals surface area contributed by atoms with E-state index >= 15 is 0 Å². The van der Waals surface area contributed by atoms with Gasteiger partial charge in [-0.25, -0.2) is 0 Å². The van der Waals surface area contributed by atoms with E-state index in [9.17, 15) is 5.11 Å². The Bertz CT molecular complexity index is 408. The minimum atomic E-state index is 0.198. The first kappa shape index (κ1) is 8.75. The lowest BCUT2D eigenvalue weighted by Crippen LogP contribution is -1.80. The molecule has 0 amide bonds. The van der Waals surface area contributed by atoms with Crippen molar-refractivity contribution in [1.82, 2.24) is 4.98 Å². The summed E-state index contributed by atoms with van der Waals surface area (Å²) >= 11 is 0. The van der Waals surface area contributed by atoms with Gasteiger partial charge in [0.05, 0.1) is 6.20 Å². The Morgan fingerprint density at radius 3 is 2.64 bits per heavy atom. The summed E-state index contributed by atoms with van der Waals surface area (Å²) in [5.74, 6) is 0.198. The van der Waals surface area contributed by atoms with Crippen molar-refractivity contribution < 1.29 is 5.11 Å². The first-order chi connectivity index (χ1) is 6.75. The van der Waals surface area contributed by atoms with E-state index in [-0.39, 0.29) is 5.75 Å². The normalized spacial score (nSPS) is 10.1. The molecule has 0 spiro atoms. The molecule has 0 bridgehead atoms. The van der Waals surface area contributed by atoms with Crippen LogP contribution in [0.3, 0.4) is 0 Å². The van der Waals surface area contributed by atoms with E-state index < -0.39 is 0 Å². The number of aromatic hydroxyl groups is 1. The standard InChI is InChI=1S/C12H11NO/c1-9-3-2-4-10(5-9)11-6-12(14)8-13-7-11/h2-8,14H,1H3. The summed E-state index contributed by atoms with van der Waals surface area (Å²) in [6, 6.07) is 9.82. The monoisotopic (exact) mass is 185 g/mol. The van der Waals surface area contributed by atoms with Gasteiger partial charge in [-0.1, -0.05) is 29.8 Å². The zero-order chi connectivity index (χ0) is 9.97. The SMILES string of the molecule is Cc1cccc(-c2cncc(O)c2)c1. The second-order valence-corrected chi connectivity index (χ2v) is 3.30. The summed E-state index contributed by atoms with van der Waals surface area (Å²) in [7, 11) is 0. The molecule has 2 nitrogen and oxygen atoms in total. The van der Waals surface area contributed by atoms with Crippen LogP contribution in [0, 0.1) is 6.92 Å². The molecule has 1 aromatic carbocycles. The molecule has 0 saturated carbocycles. The molecule has 14 heavy (non-hydrogen) atoms. The maximum atomic E-state index is 9.28. The zero-order valence-corrected chi connectivity index (χ0v) is 7.94. The second-order valence-electron chi connectivity index (χ2n) is 3.30. The predicted molar refractivity (Wildman–Crippen MR) is 56.1 cm³/mol. The number of aromatic nitrogens is 1. The lowest BCUT2D eigenvalue weighted by Gasteiger charge is -2.02. The van der Waals surface area contributed by atoms with Crippen LogP contribution in [0.5, 0.6) is 5.75 Å². The highest BCUT2D eigenvalue weighted by atomic mass is 16.3. The fourth-order valence-corrected chi connectivity index (χ4v) is 1.41. The zero-order valence-electron chi connectivity index (χ0n) is 7.94. The van der Waals surface area contributed by atoms with Crippen LogP contribution in [0.4, 0.5) is 0 Å². The number of pyridine rings is 1. The highest BCUT2D eigenvalue weighted by molar-refractivity contribution is 5.64. The van der Waals surface area contributed by atoms with Gasteiger partial charge in [-0.2, -0.15) is 0 Å². The van der Waals surface area contributed by atoms with Gasteiger partial charge >= 0.3 is 0 Å². The highest BCUT2D eigenvalue weighted by Gasteiger charge is 1.98. The average molecular weight is 185 g/mol. The maximum Gasteiger partial charge on any atom is 0.134 e. The van der Waals surface area contributed by atoms with E-state index in [0.29, 0.717) is 0 Å².